The smallest absolute Gasteiger partial charge is 0.380 e. The van der Waals surface area contributed by atoms with Gasteiger partial charge in [0.15, 0.2) is 11.6 Å². The number of anilines is 2. The van der Waals surface area contributed by atoms with E-state index in [1.165, 1.54) is 24.2 Å². The molecule has 0 amide bonds. The zero-order valence-electron chi connectivity index (χ0n) is 16.2. The predicted molar refractivity (Wildman–Crippen MR) is 110 cm³/mol. The van der Waals surface area contributed by atoms with E-state index in [9.17, 15) is 9.59 Å². The predicted octanol–water partition coefficient (Wildman–Crippen LogP) is 3.86. The Kier molecular flexibility index (Phi) is 5.39. The van der Waals surface area contributed by atoms with E-state index in [1.807, 2.05) is 13.0 Å². The molecular formula is C20H21N5O3S. The first-order chi connectivity index (χ1) is 14.1. The second-order valence-electron chi connectivity index (χ2n) is 6.74. The Balaban J connectivity index is 1.57. The van der Waals surface area contributed by atoms with Crippen molar-refractivity contribution in [3.05, 3.63) is 40.5 Å². The van der Waals surface area contributed by atoms with Crippen LogP contribution in [0.2, 0.25) is 0 Å². The molecule has 3 heterocycles. The normalized spacial score (nSPS) is 13.3. The lowest BCUT2D eigenvalue weighted by molar-refractivity contribution is -0.137. The minimum Gasteiger partial charge on any atom is -0.460 e. The van der Waals surface area contributed by atoms with E-state index < -0.39 is 11.8 Å². The van der Waals surface area contributed by atoms with E-state index in [-0.39, 0.29) is 6.61 Å². The van der Waals surface area contributed by atoms with Gasteiger partial charge in [0.2, 0.25) is 0 Å². The minimum atomic E-state index is -0.851. The van der Waals surface area contributed by atoms with Crippen LogP contribution in [0.3, 0.4) is 0 Å². The van der Waals surface area contributed by atoms with Gasteiger partial charge in [-0.15, -0.1) is 11.3 Å². The van der Waals surface area contributed by atoms with Crippen LogP contribution in [-0.4, -0.2) is 38.5 Å². The monoisotopic (exact) mass is 411 g/mol. The third kappa shape index (κ3) is 4.19. The van der Waals surface area contributed by atoms with Crippen LogP contribution in [0, 0.1) is 0 Å². The quantitative estimate of drug-likeness (QED) is 0.329. The lowest BCUT2D eigenvalue weighted by Crippen LogP contribution is -2.16. The number of carbonyl (C=O) groups excluding carboxylic acids is 2. The van der Waals surface area contributed by atoms with Gasteiger partial charge in [-0.3, -0.25) is 9.89 Å². The van der Waals surface area contributed by atoms with Crippen molar-refractivity contribution in [2.45, 2.75) is 39.0 Å². The molecule has 0 aliphatic heterocycles. The molecule has 29 heavy (non-hydrogen) atoms. The van der Waals surface area contributed by atoms with E-state index in [4.69, 9.17) is 4.74 Å². The summed E-state index contributed by atoms with van der Waals surface area (Å²) in [7, 11) is 0. The summed E-state index contributed by atoms with van der Waals surface area (Å²) in [5.41, 5.74) is 2.10. The zero-order chi connectivity index (χ0) is 20.4. The number of hydrogen-bond donors (Lipinski definition) is 2. The van der Waals surface area contributed by atoms with Gasteiger partial charge in [-0.2, -0.15) is 5.10 Å². The topological polar surface area (TPSA) is 110 Å². The van der Waals surface area contributed by atoms with Gasteiger partial charge in [0.25, 0.3) is 5.78 Å². The number of H-pyrrole nitrogens is 1. The number of ketones is 1. The molecule has 3 aromatic rings. The molecular weight excluding hydrogens is 390 g/mol. The summed E-state index contributed by atoms with van der Waals surface area (Å²) in [5, 5.41) is 10.7. The molecule has 0 atom stereocenters. The van der Waals surface area contributed by atoms with Gasteiger partial charge in [-0.25, -0.2) is 14.8 Å². The molecule has 0 bridgehead atoms. The van der Waals surface area contributed by atoms with Crippen LogP contribution in [0.1, 0.15) is 53.5 Å². The molecule has 3 aromatic heterocycles. The molecule has 9 heteroatoms. The number of nitrogens with one attached hydrogen (secondary N) is 2. The molecule has 1 aliphatic rings. The van der Waals surface area contributed by atoms with Gasteiger partial charge in [0.1, 0.15) is 5.82 Å². The number of carbonyl (C=O) groups is 2. The number of aryl methyl sites for hydroxylation is 1. The number of Topliss-reactive ketones (excluding diaryl/α,β-unsaturated/α-hetero) is 1. The zero-order valence-corrected chi connectivity index (χ0v) is 17.0. The molecule has 0 radical (unpaired) electrons. The second-order valence-corrected chi connectivity index (χ2v) is 7.83. The molecule has 0 spiro atoms. The number of aromatic nitrogens is 4. The molecule has 150 valence electrons. The lowest BCUT2D eigenvalue weighted by Gasteiger charge is -2.08. The van der Waals surface area contributed by atoms with Crippen molar-refractivity contribution in [3.63, 3.8) is 0 Å². The van der Waals surface area contributed by atoms with Gasteiger partial charge in [-0.05, 0) is 38.3 Å². The SMILES string of the molecule is CCOC(=O)C(=O)c1ccc(-c2ncc(CC)c(Nc3cc(C4CC4)[nH]n3)n2)s1. The summed E-state index contributed by atoms with van der Waals surface area (Å²) in [6.45, 7) is 3.86. The largest absolute Gasteiger partial charge is 0.460 e. The van der Waals surface area contributed by atoms with Crippen molar-refractivity contribution in [3.8, 4) is 10.7 Å². The third-order valence-corrected chi connectivity index (χ3v) is 5.70. The number of esters is 1. The highest BCUT2D eigenvalue weighted by Gasteiger charge is 2.26. The van der Waals surface area contributed by atoms with Gasteiger partial charge >= 0.3 is 5.97 Å². The van der Waals surface area contributed by atoms with E-state index in [0.29, 0.717) is 27.3 Å². The van der Waals surface area contributed by atoms with Crippen molar-refractivity contribution in [1.82, 2.24) is 20.2 Å². The minimum absolute atomic E-state index is 0.162. The molecule has 1 aliphatic carbocycles. The van der Waals surface area contributed by atoms with Crippen molar-refractivity contribution in [2.75, 3.05) is 11.9 Å². The first kappa shape index (κ1) is 19.3. The number of hydrogen-bond acceptors (Lipinski definition) is 8. The highest BCUT2D eigenvalue weighted by Crippen LogP contribution is 2.39. The molecule has 1 saturated carbocycles. The fourth-order valence-corrected chi connectivity index (χ4v) is 3.77. The third-order valence-electron chi connectivity index (χ3n) is 4.62. The van der Waals surface area contributed by atoms with Crippen LogP contribution in [0.4, 0.5) is 11.6 Å². The summed E-state index contributed by atoms with van der Waals surface area (Å²) < 4.78 is 4.78. The summed E-state index contributed by atoms with van der Waals surface area (Å²) >= 11 is 1.17. The second kappa shape index (κ2) is 8.12. The average Bonchev–Trinajstić information content (AvgIpc) is 3.27. The Labute approximate surface area is 171 Å². The molecule has 2 N–H and O–H groups in total. The lowest BCUT2D eigenvalue weighted by atomic mass is 10.2. The molecule has 1 fully saturated rings. The first-order valence-electron chi connectivity index (χ1n) is 9.59. The van der Waals surface area contributed by atoms with Gasteiger partial charge in [0, 0.05) is 29.4 Å². The highest BCUT2D eigenvalue weighted by atomic mass is 32.1. The van der Waals surface area contributed by atoms with Gasteiger partial charge in [-0.1, -0.05) is 6.92 Å². The summed E-state index contributed by atoms with van der Waals surface area (Å²) in [6, 6.07) is 5.35. The number of aromatic amines is 1. The maximum atomic E-state index is 12.1. The Morgan fingerprint density at radius 3 is 2.86 bits per heavy atom. The van der Waals surface area contributed by atoms with Crippen molar-refractivity contribution in [2.24, 2.45) is 0 Å². The van der Waals surface area contributed by atoms with E-state index in [2.05, 4.69) is 25.5 Å². The number of ether oxygens (including phenoxy) is 1. The molecule has 0 saturated heterocycles. The average molecular weight is 411 g/mol. The maximum Gasteiger partial charge on any atom is 0.380 e. The first-order valence-corrected chi connectivity index (χ1v) is 10.4. The van der Waals surface area contributed by atoms with Crippen LogP contribution >= 0.6 is 11.3 Å². The summed E-state index contributed by atoms with van der Waals surface area (Å²) in [6.07, 6.45) is 4.93. The van der Waals surface area contributed by atoms with E-state index >= 15 is 0 Å². The molecule has 4 rings (SSSR count). The Hall–Kier alpha value is -3.07. The van der Waals surface area contributed by atoms with Crippen LogP contribution in [0.5, 0.6) is 0 Å². The highest BCUT2D eigenvalue weighted by molar-refractivity contribution is 7.18. The Morgan fingerprint density at radius 2 is 2.14 bits per heavy atom. The summed E-state index contributed by atoms with van der Waals surface area (Å²) in [5.74, 6) is 0.960. The summed E-state index contributed by atoms with van der Waals surface area (Å²) in [4.78, 5) is 33.9. The molecule has 8 nitrogen and oxygen atoms in total. The fraction of sp³-hybridized carbons (Fsp3) is 0.350. The maximum absolute atomic E-state index is 12.1. The number of rotatable bonds is 8. The van der Waals surface area contributed by atoms with Crippen LogP contribution in [0.15, 0.2) is 24.4 Å². The molecule has 0 unspecified atom stereocenters. The van der Waals surface area contributed by atoms with E-state index in [1.54, 1.807) is 25.3 Å². The van der Waals surface area contributed by atoms with Crippen LogP contribution < -0.4 is 5.32 Å². The number of nitrogens with zero attached hydrogens (tertiary/aromatic N) is 3. The van der Waals surface area contributed by atoms with Crippen molar-refractivity contribution < 1.29 is 14.3 Å². The fourth-order valence-electron chi connectivity index (χ4n) is 2.90. The van der Waals surface area contributed by atoms with Crippen molar-refractivity contribution >= 4 is 34.7 Å². The van der Waals surface area contributed by atoms with E-state index in [0.717, 1.165) is 23.5 Å². The van der Waals surface area contributed by atoms with Crippen molar-refractivity contribution in [1.29, 1.82) is 0 Å². The molecule has 0 aromatic carbocycles. The standard InChI is InChI=1S/C20H21N5O3S/c1-3-11-10-21-19(15-8-7-14(29-15)17(26)20(27)28-4-2)23-18(11)22-16-9-13(24-25-16)12-5-6-12/h7-10,12H,3-6H2,1-2H3,(H2,21,22,23,24,25). The van der Waals surface area contributed by atoms with Crippen LogP contribution in [0.25, 0.3) is 10.7 Å². The van der Waals surface area contributed by atoms with Gasteiger partial charge in [0.05, 0.1) is 16.4 Å². The Bertz CT molecular complexity index is 1050. The Morgan fingerprint density at radius 1 is 1.31 bits per heavy atom. The van der Waals surface area contributed by atoms with Gasteiger partial charge < -0.3 is 10.1 Å². The van der Waals surface area contributed by atoms with Crippen LogP contribution in [-0.2, 0) is 16.0 Å². The number of thiophene rings is 1.